The molecule has 6 nitrogen and oxygen atoms in total. The first-order valence-electron chi connectivity index (χ1n) is 9.17. The highest BCUT2D eigenvalue weighted by atomic mass is 16.5. The number of nitrogens with one attached hydrogen (secondary N) is 1. The minimum Gasteiger partial charge on any atom is -0.493 e. The Bertz CT molecular complexity index is 645. The number of nitrogens with zero attached hydrogens (tertiary/aromatic N) is 1. The van der Waals surface area contributed by atoms with Crippen molar-refractivity contribution in [2.75, 3.05) is 33.9 Å². The lowest BCUT2D eigenvalue weighted by atomic mass is 9.80. The first-order valence-corrected chi connectivity index (χ1v) is 9.17. The van der Waals surface area contributed by atoms with Crippen LogP contribution in [0.25, 0.3) is 0 Å². The predicted molar refractivity (Wildman–Crippen MR) is 104 cm³/mol. The number of benzene rings is 1. The van der Waals surface area contributed by atoms with Crippen molar-refractivity contribution < 1.29 is 14.3 Å². The highest BCUT2D eigenvalue weighted by molar-refractivity contribution is 5.78. The highest BCUT2D eigenvalue weighted by Crippen LogP contribution is 2.33. The standard InChI is InChI=1S/C20H33N3O3/c1-13-9-16(25-5)17(26-6)10-15(13)14(2)22-19(24)11-23-8-7-18(21)20(3,4)12-23/h9-10,14,18H,7-8,11-12,21H2,1-6H3,(H,22,24). The molecule has 6 heteroatoms. The van der Waals surface area contributed by atoms with Gasteiger partial charge in [-0.1, -0.05) is 13.8 Å². The molecule has 1 fully saturated rings. The van der Waals surface area contributed by atoms with Crippen LogP contribution in [-0.4, -0.2) is 50.7 Å². The number of carbonyl (C=O) groups is 1. The summed E-state index contributed by atoms with van der Waals surface area (Å²) in [6, 6.07) is 3.95. The van der Waals surface area contributed by atoms with Crippen molar-refractivity contribution in [2.24, 2.45) is 11.1 Å². The fraction of sp³-hybridized carbons (Fsp3) is 0.650. The maximum absolute atomic E-state index is 12.5. The monoisotopic (exact) mass is 363 g/mol. The van der Waals surface area contributed by atoms with Gasteiger partial charge in [-0.2, -0.15) is 0 Å². The van der Waals surface area contributed by atoms with Crippen LogP contribution in [0.4, 0.5) is 0 Å². The average Bonchev–Trinajstić information content (AvgIpc) is 2.57. The summed E-state index contributed by atoms with van der Waals surface area (Å²) >= 11 is 0. The Hall–Kier alpha value is -1.79. The molecule has 0 spiro atoms. The molecule has 3 N–H and O–H groups in total. The molecule has 1 heterocycles. The van der Waals surface area contributed by atoms with Crippen LogP contribution in [-0.2, 0) is 4.79 Å². The number of nitrogens with two attached hydrogens (primary N) is 1. The van der Waals surface area contributed by atoms with Gasteiger partial charge in [0.1, 0.15) is 0 Å². The first-order chi connectivity index (χ1) is 12.2. The second-order valence-electron chi connectivity index (χ2n) is 7.95. The maximum Gasteiger partial charge on any atom is 0.234 e. The van der Waals surface area contributed by atoms with Gasteiger partial charge in [-0.05, 0) is 48.9 Å². The molecule has 1 aromatic carbocycles. The van der Waals surface area contributed by atoms with E-state index in [0.29, 0.717) is 18.0 Å². The number of ether oxygens (including phenoxy) is 2. The number of rotatable bonds is 6. The molecule has 1 aliphatic rings. The van der Waals surface area contributed by atoms with Gasteiger partial charge in [0.25, 0.3) is 0 Å². The summed E-state index contributed by atoms with van der Waals surface area (Å²) in [6.07, 6.45) is 0.921. The van der Waals surface area contributed by atoms with Crippen molar-refractivity contribution in [3.8, 4) is 11.5 Å². The number of hydrogen-bond acceptors (Lipinski definition) is 5. The van der Waals surface area contributed by atoms with E-state index < -0.39 is 0 Å². The van der Waals surface area contributed by atoms with E-state index in [1.807, 2.05) is 26.0 Å². The largest absolute Gasteiger partial charge is 0.493 e. The van der Waals surface area contributed by atoms with Crippen LogP contribution in [0.2, 0.25) is 0 Å². The molecule has 0 aliphatic carbocycles. The van der Waals surface area contributed by atoms with E-state index in [2.05, 4.69) is 24.1 Å². The van der Waals surface area contributed by atoms with Gasteiger partial charge in [0, 0.05) is 19.1 Å². The average molecular weight is 364 g/mol. The molecule has 0 radical (unpaired) electrons. The number of carbonyl (C=O) groups excluding carboxylic acids is 1. The van der Waals surface area contributed by atoms with Gasteiger partial charge >= 0.3 is 0 Å². The van der Waals surface area contributed by atoms with Gasteiger partial charge in [0.2, 0.25) is 5.91 Å². The lowest BCUT2D eigenvalue weighted by Crippen LogP contribution is -2.54. The van der Waals surface area contributed by atoms with E-state index in [4.69, 9.17) is 15.2 Å². The summed E-state index contributed by atoms with van der Waals surface area (Å²) in [7, 11) is 3.23. The van der Waals surface area contributed by atoms with Crippen molar-refractivity contribution in [2.45, 2.75) is 46.2 Å². The van der Waals surface area contributed by atoms with Gasteiger partial charge < -0.3 is 20.5 Å². The molecular weight excluding hydrogens is 330 g/mol. The van der Waals surface area contributed by atoms with E-state index in [9.17, 15) is 4.79 Å². The van der Waals surface area contributed by atoms with E-state index in [-0.39, 0.29) is 23.4 Å². The molecule has 2 rings (SSSR count). The van der Waals surface area contributed by atoms with E-state index >= 15 is 0 Å². The summed E-state index contributed by atoms with van der Waals surface area (Å²) in [5.74, 6) is 1.39. The van der Waals surface area contributed by atoms with E-state index in [1.54, 1.807) is 14.2 Å². The number of piperidine rings is 1. The van der Waals surface area contributed by atoms with E-state index in [0.717, 1.165) is 30.6 Å². The smallest absolute Gasteiger partial charge is 0.234 e. The SMILES string of the molecule is COc1cc(C)c(C(C)NC(=O)CN2CCC(N)C(C)(C)C2)cc1OC. The van der Waals surface area contributed by atoms with Crippen LogP contribution in [0.1, 0.15) is 44.4 Å². The number of amides is 1. The fourth-order valence-corrected chi connectivity index (χ4v) is 3.65. The third kappa shape index (κ3) is 4.68. The quantitative estimate of drug-likeness (QED) is 0.811. The topological polar surface area (TPSA) is 76.8 Å². The highest BCUT2D eigenvalue weighted by Gasteiger charge is 2.34. The summed E-state index contributed by atoms with van der Waals surface area (Å²) in [6.45, 7) is 10.4. The first kappa shape index (κ1) is 20.5. The lowest BCUT2D eigenvalue weighted by molar-refractivity contribution is -0.123. The molecule has 2 atom stereocenters. The summed E-state index contributed by atoms with van der Waals surface area (Å²) in [5.41, 5.74) is 8.29. The Kier molecular flexibility index (Phi) is 6.53. The number of methoxy groups -OCH3 is 2. The minimum atomic E-state index is -0.109. The maximum atomic E-state index is 12.5. The van der Waals surface area contributed by atoms with Crippen LogP contribution < -0.4 is 20.5 Å². The van der Waals surface area contributed by atoms with Gasteiger partial charge in [-0.3, -0.25) is 9.69 Å². The van der Waals surface area contributed by atoms with Crippen molar-refractivity contribution in [1.82, 2.24) is 10.2 Å². The second kappa shape index (κ2) is 8.27. The molecule has 0 saturated carbocycles. The number of aryl methyl sites for hydroxylation is 1. The molecule has 26 heavy (non-hydrogen) atoms. The van der Waals surface area contributed by atoms with Gasteiger partial charge in [0.05, 0.1) is 26.8 Å². The molecule has 0 bridgehead atoms. The van der Waals surface area contributed by atoms with Crippen LogP contribution in [0.3, 0.4) is 0 Å². The number of hydrogen-bond donors (Lipinski definition) is 2. The van der Waals surface area contributed by atoms with Crippen molar-refractivity contribution >= 4 is 5.91 Å². The van der Waals surface area contributed by atoms with Gasteiger partial charge in [-0.25, -0.2) is 0 Å². The summed E-state index contributed by atoms with van der Waals surface area (Å²) in [4.78, 5) is 14.7. The Morgan fingerprint density at radius 3 is 2.54 bits per heavy atom. The van der Waals surface area contributed by atoms with Crippen LogP contribution in [0, 0.1) is 12.3 Å². The van der Waals surface area contributed by atoms with Gasteiger partial charge in [0.15, 0.2) is 11.5 Å². The third-order valence-electron chi connectivity index (χ3n) is 5.37. The Labute approximate surface area is 157 Å². The lowest BCUT2D eigenvalue weighted by Gasteiger charge is -2.42. The number of likely N-dealkylation sites (tertiary alicyclic amines) is 1. The minimum absolute atomic E-state index is 0.0259. The van der Waals surface area contributed by atoms with Gasteiger partial charge in [-0.15, -0.1) is 0 Å². The molecule has 1 aliphatic heterocycles. The normalized spacial score (nSPS) is 21.1. The zero-order valence-electron chi connectivity index (χ0n) is 16.9. The molecular formula is C20H33N3O3. The van der Waals surface area contributed by atoms with Crippen molar-refractivity contribution in [3.05, 3.63) is 23.3 Å². The molecule has 1 amide bonds. The molecule has 0 aromatic heterocycles. The van der Waals surface area contributed by atoms with Crippen LogP contribution in [0.15, 0.2) is 12.1 Å². The zero-order valence-corrected chi connectivity index (χ0v) is 16.9. The van der Waals surface area contributed by atoms with Crippen molar-refractivity contribution in [1.29, 1.82) is 0 Å². The zero-order chi connectivity index (χ0) is 19.5. The summed E-state index contributed by atoms with van der Waals surface area (Å²) in [5, 5.41) is 3.10. The van der Waals surface area contributed by atoms with E-state index in [1.165, 1.54) is 0 Å². The molecule has 146 valence electrons. The fourth-order valence-electron chi connectivity index (χ4n) is 3.65. The second-order valence-corrected chi connectivity index (χ2v) is 7.95. The molecule has 1 aromatic rings. The van der Waals surface area contributed by atoms with Crippen LogP contribution >= 0.6 is 0 Å². The third-order valence-corrected chi connectivity index (χ3v) is 5.37. The Morgan fingerprint density at radius 1 is 1.35 bits per heavy atom. The molecule has 2 unspecified atom stereocenters. The predicted octanol–water partition coefficient (Wildman–Crippen LogP) is 2.25. The Morgan fingerprint density at radius 2 is 1.96 bits per heavy atom. The van der Waals surface area contributed by atoms with Crippen molar-refractivity contribution in [3.63, 3.8) is 0 Å². The van der Waals surface area contributed by atoms with Crippen LogP contribution in [0.5, 0.6) is 11.5 Å². The molecule has 1 saturated heterocycles. The summed E-state index contributed by atoms with van der Waals surface area (Å²) < 4.78 is 10.7. The Balaban J connectivity index is 2.01.